The summed E-state index contributed by atoms with van der Waals surface area (Å²) in [6.45, 7) is 3.80. The molecule has 0 atom stereocenters. The first-order valence-electron chi connectivity index (χ1n) is 8.62. The number of nitrogens with one attached hydrogen (secondary N) is 1. The van der Waals surface area contributed by atoms with Crippen LogP contribution in [0.2, 0.25) is 0 Å². The number of rotatable bonds is 8. The minimum atomic E-state index is -3.53. The van der Waals surface area contributed by atoms with E-state index in [0.29, 0.717) is 18.7 Å². The molecule has 0 spiro atoms. The summed E-state index contributed by atoms with van der Waals surface area (Å²) in [7, 11) is -3.53. The molecule has 0 aromatic heterocycles. The summed E-state index contributed by atoms with van der Waals surface area (Å²) >= 11 is 0. The zero-order chi connectivity index (χ0) is 19.9. The molecule has 0 aliphatic heterocycles. The maximum Gasteiger partial charge on any atom is 0.252 e. The number of hydrogen-bond donors (Lipinski definition) is 1. The van der Waals surface area contributed by atoms with Crippen molar-refractivity contribution >= 4 is 15.7 Å². The Bertz CT molecular complexity index is 925. The third-order valence-corrected chi connectivity index (χ3v) is 6.21. The Morgan fingerprint density at radius 3 is 2.44 bits per heavy atom. The molecule has 27 heavy (non-hydrogen) atoms. The number of terminal acetylenes is 1. The zero-order valence-corrected chi connectivity index (χ0v) is 16.3. The number of ether oxygens (including phenoxy) is 1. The third kappa shape index (κ3) is 5.35. The summed E-state index contributed by atoms with van der Waals surface area (Å²) in [6, 6.07) is 13.7. The van der Waals surface area contributed by atoms with Gasteiger partial charge in [-0.15, -0.1) is 6.42 Å². The summed E-state index contributed by atoms with van der Waals surface area (Å²) in [5, 5.41) is 2.19. The first-order valence-corrected chi connectivity index (χ1v) is 10.2. The second kappa shape index (κ2) is 9.24. The molecular weight excluding hydrogens is 362 g/mol. The van der Waals surface area contributed by atoms with E-state index in [1.807, 2.05) is 24.3 Å². The van der Waals surface area contributed by atoms with Crippen LogP contribution in [0.3, 0.4) is 0 Å². The van der Waals surface area contributed by atoms with Crippen LogP contribution in [-0.4, -0.2) is 32.7 Å². The van der Waals surface area contributed by atoms with Crippen LogP contribution in [-0.2, 0) is 16.3 Å². The lowest BCUT2D eigenvalue weighted by Crippen LogP contribution is -2.28. The number of hydrogen-bond acceptors (Lipinski definition) is 4. The molecule has 0 fully saturated rings. The third-order valence-electron chi connectivity index (χ3n) is 4.00. The van der Waals surface area contributed by atoms with Crippen molar-refractivity contribution in [1.29, 1.82) is 0 Å². The molecule has 142 valence electrons. The predicted octanol–water partition coefficient (Wildman–Crippen LogP) is 2.85. The average Bonchev–Trinajstić information content (AvgIpc) is 2.67. The standard InChI is InChI=1S/C21H23NO4S/c1-4-15-26-18-11-9-17(10-12-18)13-14-22-21(23)19-7-5-6-8-20(19)27(24,25)16(2)3/h1,5-12,16H,13-15H2,2-3H3,(H,22,23). The van der Waals surface area contributed by atoms with Gasteiger partial charge in [0.25, 0.3) is 5.91 Å². The van der Waals surface area contributed by atoms with E-state index in [9.17, 15) is 13.2 Å². The summed E-state index contributed by atoms with van der Waals surface area (Å²) in [5.74, 6) is 2.69. The van der Waals surface area contributed by atoms with E-state index in [-0.39, 0.29) is 17.1 Å². The quantitative estimate of drug-likeness (QED) is 0.709. The van der Waals surface area contributed by atoms with Crippen molar-refractivity contribution in [3.63, 3.8) is 0 Å². The van der Waals surface area contributed by atoms with Crippen molar-refractivity contribution in [1.82, 2.24) is 5.32 Å². The largest absolute Gasteiger partial charge is 0.481 e. The van der Waals surface area contributed by atoms with Gasteiger partial charge in [-0.25, -0.2) is 8.42 Å². The van der Waals surface area contributed by atoms with Gasteiger partial charge in [0.1, 0.15) is 12.4 Å². The van der Waals surface area contributed by atoms with Gasteiger partial charge in [0.15, 0.2) is 9.84 Å². The highest BCUT2D eigenvalue weighted by molar-refractivity contribution is 7.92. The Hall–Kier alpha value is -2.78. The molecule has 0 radical (unpaired) electrons. The fourth-order valence-electron chi connectivity index (χ4n) is 2.45. The molecule has 1 N–H and O–H groups in total. The van der Waals surface area contributed by atoms with Gasteiger partial charge in [0, 0.05) is 6.54 Å². The maximum absolute atomic E-state index is 12.5. The molecule has 6 heteroatoms. The predicted molar refractivity (Wildman–Crippen MR) is 106 cm³/mol. The Kier molecular flexibility index (Phi) is 7.03. The highest BCUT2D eigenvalue weighted by Gasteiger charge is 2.24. The Labute approximate surface area is 160 Å². The molecule has 2 aromatic rings. The van der Waals surface area contributed by atoms with Gasteiger partial charge in [-0.2, -0.15) is 0 Å². The molecular formula is C21H23NO4S. The SMILES string of the molecule is C#CCOc1ccc(CCNC(=O)c2ccccc2S(=O)(=O)C(C)C)cc1. The first kappa shape index (κ1) is 20.5. The van der Waals surface area contributed by atoms with Crippen LogP contribution in [0, 0.1) is 12.3 Å². The molecule has 2 aromatic carbocycles. The van der Waals surface area contributed by atoms with Crippen molar-refractivity contribution in [2.75, 3.05) is 13.2 Å². The van der Waals surface area contributed by atoms with E-state index in [2.05, 4.69) is 11.2 Å². The first-order chi connectivity index (χ1) is 12.9. The number of sulfone groups is 1. The van der Waals surface area contributed by atoms with Crippen molar-refractivity contribution < 1.29 is 17.9 Å². The number of carbonyl (C=O) groups is 1. The maximum atomic E-state index is 12.5. The molecule has 0 saturated heterocycles. The van der Waals surface area contributed by atoms with Gasteiger partial charge in [-0.1, -0.05) is 30.2 Å². The van der Waals surface area contributed by atoms with Crippen molar-refractivity contribution in [2.24, 2.45) is 0 Å². The van der Waals surface area contributed by atoms with Gasteiger partial charge < -0.3 is 10.1 Å². The normalized spacial score (nSPS) is 11.0. The van der Waals surface area contributed by atoms with Crippen molar-refractivity contribution in [3.8, 4) is 18.1 Å². The number of carbonyl (C=O) groups excluding carboxylic acids is 1. The molecule has 5 nitrogen and oxygen atoms in total. The Morgan fingerprint density at radius 2 is 1.81 bits per heavy atom. The van der Waals surface area contributed by atoms with Crippen LogP contribution < -0.4 is 10.1 Å². The van der Waals surface area contributed by atoms with Crippen LogP contribution in [0.5, 0.6) is 5.75 Å². The van der Waals surface area contributed by atoms with E-state index in [1.54, 1.807) is 26.0 Å². The van der Waals surface area contributed by atoms with Gasteiger partial charge in [-0.05, 0) is 50.1 Å². The van der Waals surface area contributed by atoms with Crippen LogP contribution in [0.4, 0.5) is 0 Å². The number of amides is 1. The van der Waals surface area contributed by atoms with E-state index >= 15 is 0 Å². The lowest BCUT2D eigenvalue weighted by atomic mass is 10.1. The topological polar surface area (TPSA) is 72.5 Å². The van der Waals surface area contributed by atoms with Crippen LogP contribution in [0.1, 0.15) is 29.8 Å². The molecule has 2 rings (SSSR count). The fourth-order valence-corrected chi connectivity index (χ4v) is 3.69. The fraction of sp³-hybridized carbons (Fsp3) is 0.286. The van der Waals surface area contributed by atoms with Crippen molar-refractivity contribution in [3.05, 3.63) is 59.7 Å². The summed E-state index contributed by atoms with van der Waals surface area (Å²) < 4.78 is 30.2. The zero-order valence-electron chi connectivity index (χ0n) is 15.4. The second-order valence-corrected chi connectivity index (χ2v) is 8.71. The summed E-state index contributed by atoms with van der Waals surface area (Å²) in [4.78, 5) is 12.5. The second-order valence-electron chi connectivity index (χ2n) is 6.23. The monoisotopic (exact) mass is 385 g/mol. The molecule has 0 saturated carbocycles. The van der Waals surface area contributed by atoms with E-state index in [4.69, 9.17) is 11.2 Å². The lowest BCUT2D eigenvalue weighted by Gasteiger charge is -2.13. The molecule has 1 amide bonds. The van der Waals surface area contributed by atoms with Gasteiger partial charge in [-0.3, -0.25) is 4.79 Å². The molecule has 0 aliphatic rings. The van der Waals surface area contributed by atoms with Gasteiger partial charge in [0.2, 0.25) is 0 Å². The molecule has 0 bridgehead atoms. The van der Waals surface area contributed by atoms with E-state index < -0.39 is 21.0 Å². The number of benzene rings is 2. The van der Waals surface area contributed by atoms with Crippen molar-refractivity contribution in [2.45, 2.75) is 30.4 Å². The summed E-state index contributed by atoms with van der Waals surface area (Å²) in [5.41, 5.74) is 1.19. The van der Waals surface area contributed by atoms with Gasteiger partial charge >= 0.3 is 0 Å². The highest BCUT2D eigenvalue weighted by atomic mass is 32.2. The molecule has 0 aliphatic carbocycles. The minimum absolute atomic E-state index is 0.0625. The van der Waals surface area contributed by atoms with E-state index in [1.165, 1.54) is 12.1 Å². The lowest BCUT2D eigenvalue weighted by molar-refractivity contribution is 0.0951. The Morgan fingerprint density at radius 1 is 1.15 bits per heavy atom. The smallest absolute Gasteiger partial charge is 0.252 e. The van der Waals surface area contributed by atoms with Crippen LogP contribution in [0.25, 0.3) is 0 Å². The highest BCUT2D eigenvalue weighted by Crippen LogP contribution is 2.20. The molecule has 0 heterocycles. The van der Waals surface area contributed by atoms with E-state index in [0.717, 1.165) is 5.56 Å². The van der Waals surface area contributed by atoms with Gasteiger partial charge in [0.05, 0.1) is 15.7 Å². The average molecular weight is 385 g/mol. The van der Waals surface area contributed by atoms with Crippen LogP contribution in [0.15, 0.2) is 53.4 Å². The minimum Gasteiger partial charge on any atom is -0.481 e. The van der Waals surface area contributed by atoms with Crippen LogP contribution >= 0.6 is 0 Å². The molecule has 0 unspecified atom stereocenters. The summed E-state index contributed by atoms with van der Waals surface area (Å²) in [6.07, 6.45) is 5.76. The Balaban J connectivity index is 2.00.